The lowest BCUT2D eigenvalue weighted by Crippen LogP contribution is -2.38. The van der Waals surface area contributed by atoms with Gasteiger partial charge >= 0.3 is 0 Å². The topological polar surface area (TPSA) is 63.4 Å². The lowest BCUT2D eigenvalue weighted by Gasteiger charge is -2.23. The van der Waals surface area contributed by atoms with E-state index in [9.17, 15) is 4.79 Å². The van der Waals surface area contributed by atoms with Gasteiger partial charge in [0.05, 0.1) is 0 Å². The first-order valence-electron chi connectivity index (χ1n) is 10.0. The Kier molecular flexibility index (Phi) is 4.63. The van der Waals surface area contributed by atoms with Crippen LogP contribution < -0.4 is 14.8 Å². The molecule has 6 heteroatoms. The van der Waals surface area contributed by atoms with E-state index in [4.69, 9.17) is 21.1 Å². The van der Waals surface area contributed by atoms with Gasteiger partial charge in [-0.05, 0) is 73.6 Å². The fourth-order valence-electron chi connectivity index (χ4n) is 4.43. The number of ether oxygens (including phenoxy) is 2. The molecule has 1 amide bonds. The van der Waals surface area contributed by atoms with Crippen molar-refractivity contribution in [2.24, 2.45) is 0 Å². The van der Waals surface area contributed by atoms with Crippen molar-refractivity contribution < 1.29 is 14.3 Å². The van der Waals surface area contributed by atoms with Gasteiger partial charge in [0.2, 0.25) is 12.7 Å². The largest absolute Gasteiger partial charge is 0.454 e. The summed E-state index contributed by atoms with van der Waals surface area (Å²) in [5.41, 5.74) is 5.96. The fraction of sp³-hybridized carbons (Fsp3) is 0.348. The first kappa shape index (κ1) is 18.4. The van der Waals surface area contributed by atoms with E-state index in [2.05, 4.69) is 17.2 Å². The molecule has 1 aromatic heterocycles. The highest BCUT2D eigenvalue weighted by molar-refractivity contribution is 6.31. The van der Waals surface area contributed by atoms with Crippen LogP contribution in [0.1, 0.15) is 35.2 Å². The van der Waals surface area contributed by atoms with Crippen LogP contribution >= 0.6 is 11.6 Å². The fourth-order valence-corrected chi connectivity index (χ4v) is 4.70. The highest BCUT2D eigenvalue weighted by Gasteiger charge is 2.24. The van der Waals surface area contributed by atoms with Gasteiger partial charge in [-0.1, -0.05) is 17.7 Å². The third-order valence-corrected chi connectivity index (χ3v) is 6.12. The maximum atomic E-state index is 12.5. The Labute approximate surface area is 174 Å². The quantitative estimate of drug-likeness (QED) is 0.667. The maximum absolute atomic E-state index is 12.5. The molecule has 29 heavy (non-hydrogen) atoms. The number of benzene rings is 2. The second-order valence-electron chi connectivity index (χ2n) is 7.92. The van der Waals surface area contributed by atoms with Gasteiger partial charge in [0, 0.05) is 34.1 Å². The molecule has 5 nitrogen and oxygen atoms in total. The molecule has 2 aliphatic rings. The first-order valence-corrected chi connectivity index (χ1v) is 10.4. The molecule has 1 unspecified atom stereocenters. The molecular formula is C23H23ClN2O3. The number of fused-ring (bicyclic) bond motifs is 4. The van der Waals surface area contributed by atoms with Crippen LogP contribution in [0.5, 0.6) is 11.5 Å². The first-order chi connectivity index (χ1) is 14.1. The second kappa shape index (κ2) is 7.30. The Hall–Kier alpha value is -2.66. The number of carbonyl (C=O) groups excluding carboxylic acids is 1. The minimum atomic E-state index is 0.0881. The molecule has 1 aliphatic carbocycles. The number of aryl methyl sites for hydroxylation is 3. The highest BCUT2D eigenvalue weighted by atomic mass is 35.5. The molecule has 0 saturated heterocycles. The summed E-state index contributed by atoms with van der Waals surface area (Å²) >= 11 is 6.28. The van der Waals surface area contributed by atoms with Gasteiger partial charge in [-0.25, -0.2) is 0 Å². The van der Waals surface area contributed by atoms with E-state index >= 15 is 0 Å². The van der Waals surface area contributed by atoms with Crippen molar-refractivity contribution >= 4 is 28.4 Å². The predicted molar refractivity (Wildman–Crippen MR) is 113 cm³/mol. The molecule has 1 atom stereocenters. The zero-order valence-electron chi connectivity index (χ0n) is 16.3. The predicted octanol–water partition coefficient (Wildman–Crippen LogP) is 4.46. The highest BCUT2D eigenvalue weighted by Crippen LogP contribution is 2.34. The number of hydrogen-bond acceptors (Lipinski definition) is 3. The Balaban J connectivity index is 1.23. The van der Waals surface area contributed by atoms with Crippen molar-refractivity contribution in [3.63, 3.8) is 0 Å². The molecule has 2 heterocycles. The normalized spacial score (nSPS) is 17.4. The number of hydrogen-bond donors (Lipinski definition) is 2. The number of aromatic nitrogens is 1. The van der Waals surface area contributed by atoms with Crippen LogP contribution in [0.15, 0.2) is 30.3 Å². The van der Waals surface area contributed by atoms with E-state index < -0.39 is 0 Å². The summed E-state index contributed by atoms with van der Waals surface area (Å²) in [6, 6.07) is 10.0. The summed E-state index contributed by atoms with van der Waals surface area (Å²) in [5, 5.41) is 5.17. The van der Waals surface area contributed by atoms with Crippen molar-refractivity contribution in [1.29, 1.82) is 0 Å². The summed E-state index contributed by atoms with van der Waals surface area (Å²) < 4.78 is 10.7. The van der Waals surface area contributed by atoms with Crippen LogP contribution in [-0.4, -0.2) is 23.7 Å². The molecule has 2 aromatic carbocycles. The Morgan fingerprint density at radius 3 is 3.00 bits per heavy atom. The molecule has 1 aliphatic heterocycles. The monoisotopic (exact) mass is 410 g/mol. The molecule has 2 N–H and O–H groups in total. The summed E-state index contributed by atoms with van der Waals surface area (Å²) in [7, 11) is 0. The van der Waals surface area contributed by atoms with Crippen LogP contribution in [0, 0.1) is 6.92 Å². The third kappa shape index (κ3) is 3.55. The number of halogens is 1. The summed E-state index contributed by atoms with van der Waals surface area (Å²) in [4.78, 5) is 16.1. The standard InChI is InChI=1S/C23H23ClN2O3/c1-13-8-15(24)10-18-17-11-16(4-5-19(17)26-23(13)18)25-22(27)7-3-14-2-6-20-21(9-14)29-12-28-20/h2,6,8-10,16,26H,3-5,7,11-12H2,1H3,(H,25,27). The molecule has 0 radical (unpaired) electrons. The molecule has 0 saturated carbocycles. The van der Waals surface area contributed by atoms with E-state index in [0.717, 1.165) is 52.4 Å². The summed E-state index contributed by atoms with van der Waals surface area (Å²) in [6.07, 6.45) is 3.87. The zero-order chi connectivity index (χ0) is 20.0. The molecule has 3 aromatic rings. The van der Waals surface area contributed by atoms with Crippen LogP contribution in [-0.2, 0) is 24.1 Å². The number of carbonyl (C=O) groups is 1. The SMILES string of the molecule is Cc1cc(Cl)cc2c3c([nH]c12)CCC(NC(=O)CCc1ccc2c(c1)OCO2)C3. The van der Waals surface area contributed by atoms with Crippen LogP contribution in [0.4, 0.5) is 0 Å². The molecule has 5 rings (SSSR count). The maximum Gasteiger partial charge on any atom is 0.231 e. The van der Waals surface area contributed by atoms with E-state index in [1.165, 1.54) is 16.6 Å². The van der Waals surface area contributed by atoms with E-state index in [0.29, 0.717) is 12.8 Å². The smallest absolute Gasteiger partial charge is 0.231 e. The van der Waals surface area contributed by atoms with Gasteiger partial charge in [0.1, 0.15) is 0 Å². The van der Waals surface area contributed by atoms with Crippen LogP contribution in [0.3, 0.4) is 0 Å². The van der Waals surface area contributed by atoms with Gasteiger partial charge in [-0.2, -0.15) is 0 Å². The van der Waals surface area contributed by atoms with Crippen molar-refractivity contribution in [3.05, 3.63) is 57.7 Å². The van der Waals surface area contributed by atoms with E-state index in [-0.39, 0.29) is 18.7 Å². The average molecular weight is 411 g/mol. The lowest BCUT2D eigenvalue weighted by molar-refractivity contribution is -0.121. The number of nitrogens with one attached hydrogen (secondary N) is 2. The van der Waals surface area contributed by atoms with Gasteiger partial charge in [0.25, 0.3) is 0 Å². The van der Waals surface area contributed by atoms with E-state index in [1.807, 2.05) is 30.3 Å². The van der Waals surface area contributed by atoms with Gasteiger partial charge in [-0.3, -0.25) is 4.79 Å². The number of aromatic amines is 1. The van der Waals surface area contributed by atoms with Gasteiger partial charge in [0.15, 0.2) is 11.5 Å². The summed E-state index contributed by atoms with van der Waals surface area (Å²) in [6.45, 7) is 2.34. The van der Waals surface area contributed by atoms with Crippen molar-refractivity contribution in [3.8, 4) is 11.5 Å². The number of rotatable bonds is 4. The zero-order valence-corrected chi connectivity index (χ0v) is 17.1. The Bertz CT molecular complexity index is 1110. The molecule has 0 bridgehead atoms. The van der Waals surface area contributed by atoms with E-state index in [1.54, 1.807) is 0 Å². The van der Waals surface area contributed by atoms with Gasteiger partial charge in [-0.15, -0.1) is 0 Å². The second-order valence-corrected chi connectivity index (χ2v) is 8.36. The molecular weight excluding hydrogens is 388 g/mol. The minimum Gasteiger partial charge on any atom is -0.454 e. The summed E-state index contributed by atoms with van der Waals surface area (Å²) in [5.74, 6) is 1.62. The average Bonchev–Trinajstić information content (AvgIpc) is 3.30. The third-order valence-electron chi connectivity index (χ3n) is 5.90. The van der Waals surface area contributed by atoms with Crippen molar-refractivity contribution in [2.45, 2.75) is 45.1 Å². The Morgan fingerprint density at radius 2 is 2.10 bits per heavy atom. The minimum absolute atomic E-state index is 0.0881. The van der Waals surface area contributed by atoms with Crippen molar-refractivity contribution in [2.75, 3.05) is 6.79 Å². The molecule has 0 spiro atoms. The Morgan fingerprint density at radius 1 is 1.24 bits per heavy atom. The lowest BCUT2D eigenvalue weighted by atomic mass is 9.91. The molecule has 150 valence electrons. The number of amides is 1. The van der Waals surface area contributed by atoms with Gasteiger partial charge < -0.3 is 19.8 Å². The van der Waals surface area contributed by atoms with Crippen LogP contribution in [0.2, 0.25) is 5.02 Å². The van der Waals surface area contributed by atoms with Crippen molar-refractivity contribution in [1.82, 2.24) is 10.3 Å². The molecule has 0 fully saturated rings. The van der Waals surface area contributed by atoms with Crippen LogP contribution in [0.25, 0.3) is 10.9 Å². The number of H-pyrrole nitrogens is 1.